The van der Waals surface area contributed by atoms with Gasteiger partial charge in [-0.1, -0.05) is 29.8 Å². The van der Waals surface area contributed by atoms with Gasteiger partial charge in [0.25, 0.3) is 11.5 Å². The molecule has 8 heteroatoms. The van der Waals surface area contributed by atoms with Crippen LogP contribution in [0.5, 0.6) is 0 Å². The van der Waals surface area contributed by atoms with Crippen LogP contribution in [0.4, 0.5) is 18.9 Å². The molecule has 1 heterocycles. The second-order valence-corrected chi connectivity index (χ2v) is 6.23. The van der Waals surface area contributed by atoms with E-state index in [-0.39, 0.29) is 12.2 Å². The lowest BCUT2D eigenvalue weighted by Crippen LogP contribution is -2.26. The Morgan fingerprint density at radius 3 is 2.25 bits per heavy atom. The first-order valence-corrected chi connectivity index (χ1v) is 8.35. The Morgan fingerprint density at radius 1 is 1.00 bits per heavy atom. The number of hydrogen-bond donors (Lipinski definition) is 1. The molecule has 0 fully saturated rings. The molecule has 0 saturated heterocycles. The van der Waals surface area contributed by atoms with Crippen molar-refractivity contribution in [2.45, 2.75) is 19.6 Å². The Balaban J connectivity index is 1.78. The highest BCUT2D eigenvalue weighted by atomic mass is 19.4. The lowest BCUT2D eigenvalue weighted by Gasteiger charge is -2.10. The van der Waals surface area contributed by atoms with E-state index in [0.29, 0.717) is 11.3 Å². The van der Waals surface area contributed by atoms with Crippen molar-refractivity contribution in [3.8, 4) is 0 Å². The predicted octanol–water partition coefficient (Wildman–Crippen LogP) is 3.87. The van der Waals surface area contributed by atoms with Crippen molar-refractivity contribution in [3.63, 3.8) is 0 Å². The maximum Gasteiger partial charge on any atom is 0.416 e. The topological polar surface area (TPSA) is 64.0 Å². The second kappa shape index (κ2) is 7.67. The first-order valence-electron chi connectivity index (χ1n) is 8.35. The molecule has 3 aromatic rings. The molecule has 28 heavy (non-hydrogen) atoms. The molecule has 0 unspecified atom stereocenters. The number of alkyl halides is 3. The lowest BCUT2D eigenvalue weighted by atomic mass is 10.1. The van der Waals surface area contributed by atoms with Gasteiger partial charge in [0.15, 0.2) is 0 Å². The van der Waals surface area contributed by atoms with Crippen molar-refractivity contribution >= 4 is 11.6 Å². The van der Waals surface area contributed by atoms with Gasteiger partial charge in [0.05, 0.1) is 12.1 Å². The fourth-order valence-electron chi connectivity index (χ4n) is 2.49. The molecule has 1 aromatic heterocycles. The van der Waals surface area contributed by atoms with Crippen LogP contribution in [-0.4, -0.2) is 15.7 Å². The van der Waals surface area contributed by atoms with Gasteiger partial charge in [-0.25, -0.2) is 4.68 Å². The summed E-state index contributed by atoms with van der Waals surface area (Å²) in [6, 6.07) is 14.1. The summed E-state index contributed by atoms with van der Waals surface area (Å²) < 4.78 is 39.0. The van der Waals surface area contributed by atoms with Crippen LogP contribution >= 0.6 is 0 Å². The zero-order chi connectivity index (χ0) is 20.3. The van der Waals surface area contributed by atoms with Crippen LogP contribution in [0, 0.1) is 6.92 Å². The van der Waals surface area contributed by atoms with Crippen molar-refractivity contribution in [2.24, 2.45) is 0 Å². The smallest absolute Gasteiger partial charge is 0.321 e. The summed E-state index contributed by atoms with van der Waals surface area (Å²) >= 11 is 0. The molecule has 1 N–H and O–H groups in total. The van der Waals surface area contributed by atoms with E-state index in [1.165, 1.54) is 24.3 Å². The van der Waals surface area contributed by atoms with Crippen LogP contribution in [0.25, 0.3) is 0 Å². The minimum absolute atomic E-state index is 0.0205. The third-order valence-electron chi connectivity index (χ3n) is 4.02. The summed E-state index contributed by atoms with van der Waals surface area (Å²) in [6.07, 6.45) is -4.43. The Hall–Kier alpha value is -3.42. The molecule has 5 nitrogen and oxygen atoms in total. The molecule has 0 aliphatic carbocycles. The molecule has 0 saturated carbocycles. The largest absolute Gasteiger partial charge is 0.416 e. The zero-order valence-electron chi connectivity index (χ0n) is 14.8. The Labute approximate surface area is 158 Å². The summed E-state index contributed by atoms with van der Waals surface area (Å²) in [5.41, 5.74) is 0.861. The molecule has 3 rings (SSSR count). The minimum atomic E-state index is -4.43. The number of carbonyl (C=O) groups is 1. The van der Waals surface area contributed by atoms with E-state index in [1.54, 1.807) is 12.1 Å². The van der Waals surface area contributed by atoms with Crippen molar-refractivity contribution < 1.29 is 18.0 Å². The van der Waals surface area contributed by atoms with Gasteiger partial charge in [0.1, 0.15) is 5.69 Å². The van der Waals surface area contributed by atoms with Crippen molar-refractivity contribution in [1.29, 1.82) is 0 Å². The SMILES string of the molecule is Cc1ccc(NC(=O)c2ccc(=O)n(Cc3ccc(C(F)(F)F)cc3)n2)cc1. The molecular weight excluding hydrogens is 371 g/mol. The molecule has 0 radical (unpaired) electrons. The number of aryl methyl sites for hydroxylation is 1. The van der Waals surface area contributed by atoms with Crippen LogP contribution < -0.4 is 10.9 Å². The number of carbonyl (C=O) groups excluding carboxylic acids is 1. The van der Waals surface area contributed by atoms with E-state index in [2.05, 4.69) is 10.4 Å². The van der Waals surface area contributed by atoms with Gasteiger partial charge in [-0.15, -0.1) is 0 Å². The molecule has 0 spiro atoms. The van der Waals surface area contributed by atoms with Gasteiger partial charge in [-0.3, -0.25) is 9.59 Å². The number of nitrogens with one attached hydrogen (secondary N) is 1. The standard InChI is InChI=1S/C20H16F3N3O2/c1-13-2-8-16(9-3-13)24-19(28)17-10-11-18(27)26(25-17)12-14-4-6-15(7-5-14)20(21,22)23/h2-11H,12H2,1H3,(H,24,28). The summed E-state index contributed by atoms with van der Waals surface area (Å²) in [5.74, 6) is -0.495. The van der Waals surface area contributed by atoms with Crippen LogP contribution in [0.15, 0.2) is 65.5 Å². The van der Waals surface area contributed by atoms with Crippen LogP contribution in [0.2, 0.25) is 0 Å². The average Bonchev–Trinajstić information content (AvgIpc) is 2.65. The number of benzene rings is 2. The molecule has 144 valence electrons. The van der Waals surface area contributed by atoms with E-state index >= 15 is 0 Å². The van der Waals surface area contributed by atoms with Crippen LogP contribution in [-0.2, 0) is 12.7 Å². The van der Waals surface area contributed by atoms with E-state index in [1.807, 2.05) is 19.1 Å². The fourth-order valence-corrected chi connectivity index (χ4v) is 2.49. The summed E-state index contributed by atoms with van der Waals surface area (Å²) in [7, 11) is 0. The molecule has 2 aromatic carbocycles. The first kappa shape index (κ1) is 19.3. The van der Waals surface area contributed by atoms with E-state index in [4.69, 9.17) is 0 Å². The first-order chi connectivity index (χ1) is 13.2. The Kier molecular flexibility index (Phi) is 5.30. The van der Waals surface area contributed by atoms with Gasteiger partial charge < -0.3 is 5.32 Å². The predicted molar refractivity (Wildman–Crippen MR) is 98.2 cm³/mol. The number of hydrogen-bond acceptors (Lipinski definition) is 3. The molecular formula is C20H16F3N3O2. The number of anilines is 1. The summed E-state index contributed by atoms with van der Waals surface area (Å²) in [5, 5.41) is 6.70. The van der Waals surface area contributed by atoms with E-state index < -0.39 is 23.2 Å². The lowest BCUT2D eigenvalue weighted by molar-refractivity contribution is -0.137. The van der Waals surface area contributed by atoms with Crippen LogP contribution in [0.1, 0.15) is 27.2 Å². The van der Waals surface area contributed by atoms with E-state index in [0.717, 1.165) is 22.4 Å². The minimum Gasteiger partial charge on any atom is -0.321 e. The van der Waals surface area contributed by atoms with Gasteiger partial charge in [0, 0.05) is 11.8 Å². The highest BCUT2D eigenvalue weighted by Crippen LogP contribution is 2.29. The van der Waals surface area contributed by atoms with Gasteiger partial charge in [-0.05, 0) is 42.8 Å². The molecule has 1 amide bonds. The van der Waals surface area contributed by atoms with Crippen LogP contribution in [0.3, 0.4) is 0 Å². The van der Waals surface area contributed by atoms with Gasteiger partial charge in [0.2, 0.25) is 0 Å². The van der Waals surface area contributed by atoms with Gasteiger partial charge >= 0.3 is 6.18 Å². The molecule has 0 bridgehead atoms. The maximum atomic E-state index is 12.6. The van der Waals surface area contributed by atoms with E-state index in [9.17, 15) is 22.8 Å². The Bertz CT molecular complexity index is 1040. The number of rotatable bonds is 4. The molecule has 0 aliphatic heterocycles. The molecule has 0 aliphatic rings. The second-order valence-electron chi connectivity index (χ2n) is 6.23. The maximum absolute atomic E-state index is 12.6. The molecule has 0 atom stereocenters. The Morgan fingerprint density at radius 2 is 1.64 bits per heavy atom. The third kappa shape index (κ3) is 4.64. The summed E-state index contributed by atoms with van der Waals surface area (Å²) in [6.45, 7) is 1.87. The van der Waals surface area contributed by atoms with Gasteiger partial charge in [-0.2, -0.15) is 18.3 Å². The fraction of sp³-hybridized carbons (Fsp3) is 0.150. The van der Waals surface area contributed by atoms with Crippen molar-refractivity contribution in [2.75, 3.05) is 5.32 Å². The highest BCUT2D eigenvalue weighted by molar-refractivity contribution is 6.02. The van der Waals surface area contributed by atoms with Crippen molar-refractivity contribution in [1.82, 2.24) is 9.78 Å². The zero-order valence-corrected chi connectivity index (χ0v) is 14.8. The highest BCUT2D eigenvalue weighted by Gasteiger charge is 2.29. The number of aromatic nitrogens is 2. The van der Waals surface area contributed by atoms with Crippen molar-refractivity contribution in [3.05, 3.63) is 93.4 Å². The normalized spacial score (nSPS) is 11.3. The monoisotopic (exact) mass is 387 g/mol. The average molecular weight is 387 g/mol. The number of amides is 1. The number of nitrogens with zero attached hydrogens (tertiary/aromatic N) is 2. The summed E-state index contributed by atoms with van der Waals surface area (Å²) in [4.78, 5) is 24.4. The third-order valence-corrected chi connectivity index (χ3v) is 4.02. The number of halogens is 3. The quantitative estimate of drug-likeness (QED) is 0.739.